The number of hydrogen-bond acceptors (Lipinski definition) is 2. The Morgan fingerprint density at radius 3 is 2.89 bits per heavy atom. The van der Waals surface area contributed by atoms with Crippen molar-refractivity contribution in [1.29, 1.82) is 0 Å². The second-order valence-electron chi connectivity index (χ2n) is 9.71. The van der Waals surface area contributed by atoms with Crippen LogP contribution in [0.15, 0.2) is 12.1 Å². The summed E-state index contributed by atoms with van der Waals surface area (Å²) in [7, 11) is 4.72. The van der Waals surface area contributed by atoms with E-state index in [0.29, 0.717) is 17.7 Å². The Morgan fingerprint density at radius 2 is 2.07 bits per heavy atom. The van der Waals surface area contributed by atoms with Crippen LogP contribution in [-0.4, -0.2) is 56.2 Å². The van der Waals surface area contributed by atoms with E-state index in [2.05, 4.69) is 43.2 Å². The zero-order valence-electron chi connectivity index (χ0n) is 16.9. The number of rotatable bonds is 4. The molecule has 0 spiro atoms. The summed E-state index contributed by atoms with van der Waals surface area (Å²) in [6.45, 7) is 6.54. The summed E-state index contributed by atoms with van der Waals surface area (Å²) in [6, 6.07) is 4.80. The molecule has 3 nitrogen and oxygen atoms in total. The molecule has 0 aromatic heterocycles. The second kappa shape index (κ2) is 6.95. The zero-order chi connectivity index (χ0) is 18.5. The lowest BCUT2D eigenvalue weighted by molar-refractivity contribution is -0.138. The number of carbonyl (C=O) groups is 1. The lowest BCUT2D eigenvalue weighted by atomic mass is 9.60. The fourth-order valence-electron chi connectivity index (χ4n) is 5.80. The van der Waals surface area contributed by atoms with Crippen molar-refractivity contribution in [2.45, 2.75) is 57.1 Å². The van der Waals surface area contributed by atoms with E-state index in [4.69, 9.17) is 0 Å². The third kappa shape index (κ3) is 3.46. The van der Waals surface area contributed by atoms with Gasteiger partial charge in [-0.3, -0.25) is 4.79 Å². The van der Waals surface area contributed by atoms with Crippen molar-refractivity contribution in [3.63, 3.8) is 0 Å². The minimum Gasteiger partial charge on any atom is -0.342 e. The number of carbonyl (C=O) groups excluding carboxylic acids is 1. The van der Waals surface area contributed by atoms with E-state index < -0.39 is 0 Å². The van der Waals surface area contributed by atoms with Gasteiger partial charge in [-0.15, -0.1) is 0 Å². The third-order valence-corrected chi connectivity index (χ3v) is 7.61. The molecule has 1 saturated carbocycles. The van der Waals surface area contributed by atoms with Crippen molar-refractivity contribution in [3.8, 4) is 0 Å². The Morgan fingerprint density at radius 1 is 1.22 bits per heavy atom. The second-order valence-corrected chi connectivity index (χ2v) is 9.71. The summed E-state index contributed by atoms with van der Waals surface area (Å²) in [5, 5.41) is 0. The van der Waals surface area contributed by atoms with Crippen LogP contribution in [0.3, 0.4) is 0 Å². The fourth-order valence-corrected chi connectivity index (χ4v) is 5.80. The topological polar surface area (TPSA) is 23.6 Å². The largest absolute Gasteiger partial charge is 0.342 e. The predicted octanol–water partition coefficient (Wildman–Crippen LogP) is 3.22. The minimum absolute atomic E-state index is 0.392. The van der Waals surface area contributed by atoms with Gasteiger partial charge in [0.2, 0.25) is 5.91 Å². The summed E-state index contributed by atoms with van der Waals surface area (Å²) >= 11 is 0. The van der Waals surface area contributed by atoms with Crippen molar-refractivity contribution in [1.82, 2.24) is 9.80 Å². The number of piperidine rings is 1. The number of likely N-dealkylation sites (tertiary alicyclic amines) is 2. The molecule has 3 fully saturated rings. The lowest BCUT2D eigenvalue weighted by Gasteiger charge is -2.41. The number of fused-ring (bicyclic) bond motifs is 3. The van der Waals surface area contributed by atoms with Crippen molar-refractivity contribution in [2.75, 3.05) is 33.2 Å². The van der Waals surface area contributed by atoms with Crippen LogP contribution in [0.4, 0.5) is 0 Å². The molecule has 1 radical (unpaired) electrons. The first kappa shape index (κ1) is 17.8. The van der Waals surface area contributed by atoms with Gasteiger partial charge in [-0.05, 0) is 79.8 Å². The first-order valence-corrected chi connectivity index (χ1v) is 11.0. The molecule has 3 heterocycles. The molecule has 0 N–H and O–H groups in total. The first-order valence-electron chi connectivity index (χ1n) is 11.0. The van der Waals surface area contributed by atoms with Crippen molar-refractivity contribution < 1.29 is 4.79 Å². The molecule has 3 atom stereocenters. The highest BCUT2D eigenvalue weighted by molar-refractivity contribution is 6.39. The van der Waals surface area contributed by atoms with Gasteiger partial charge in [0, 0.05) is 26.1 Å². The molecular weight excluding hydrogens is 331 g/mol. The van der Waals surface area contributed by atoms with Crippen LogP contribution in [0.2, 0.25) is 5.82 Å². The fraction of sp³-hybridized carbons (Fsp3) is 0.696. The van der Waals surface area contributed by atoms with Crippen LogP contribution in [0.25, 0.3) is 0 Å². The van der Waals surface area contributed by atoms with Gasteiger partial charge in [-0.2, -0.15) is 0 Å². The quantitative estimate of drug-likeness (QED) is 0.767. The molecule has 0 bridgehead atoms. The molecule has 1 amide bonds. The van der Waals surface area contributed by atoms with Crippen molar-refractivity contribution in [2.24, 2.45) is 11.8 Å². The van der Waals surface area contributed by atoms with Crippen LogP contribution >= 0.6 is 0 Å². The van der Waals surface area contributed by atoms with Gasteiger partial charge in [0.1, 0.15) is 7.28 Å². The maximum atomic E-state index is 12.6. The maximum Gasteiger partial charge on any atom is 0.222 e. The summed E-state index contributed by atoms with van der Waals surface area (Å²) in [5.74, 6) is 3.32. The van der Waals surface area contributed by atoms with E-state index in [1.54, 1.807) is 11.1 Å². The molecule has 27 heavy (non-hydrogen) atoms. The minimum atomic E-state index is 0.392. The smallest absolute Gasteiger partial charge is 0.222 e. The van der Waals surface area contributed by atoms with E-state index in [0.717, 1.165) is 44.2 Å². The molecule has 3 aliphatic heterocycles. The highest BCUT2D eigenvalue weighted by Gasteiger charge is 2.43. The Bertz CT molecular complexity index is 742. The SMILES string of the molecule is Cc1c(CC2CN(C(=O)CC3CCCN(C)C3)C2)ccc2c1C[B]C1CC21. The number of nitrogens with zero attached hydrogens (tertiary/aromatic N) is 2. The van der Waals surface area contributed by atoms with Gasteiger partial charge in [-0.25, -0.2) is 0 Å². The Hall–Kier alpha value is -1.29. The van der Waals surface area contributed by atoms with E-state index in [9.17, 15) is 4.79 Å². The van der Waals surface area contributed by atoms with Crippen LogP contribution in [0.1, 0.15) is 53.9 Å². The molecule has 2 saturated heterocycles. The average Bonchev–Trinajstić information content (AvgIpc) is 3.39. The van der Waals surface area contributed by atoms with E-state index in [1.807, 2.05) is 0 Å². The molecule has 1 aromatic rings. The van der Waals surface area contributed by atoms with Crippen molar-refractivity contribution >= 4 is 13.2 Å². The molecule has 1 aliphatic carbocycles. The van der Waals surface area contributed by atoms with Crippen LogP contribution in [0, 0.1) is 18.8 Å². The average molecular weight is 363 g/mol. The van der Waals surface area contributed by atoms with Gasteiger partial charge >= 0.3 is 0 Å². The van der Waals surface area contributed by atoms with Crippen LogP contribution < -0.4 is 0 Å². The molecular formula is C23H32BN2O. The highest BCUT2D eigenvalue weighted by Crippen LogP contribution is 2.56. The first-order chi connectivity index (χ1) is 13.1. The molecule has 143 valence electrons. The van der Waals surface area contributed by atoms with Gasteiger partial charge in [0.15, 0.2) is 0 Å². The summed E-state index contributed by atoms with van der Waals surface area (Å²) in [5.41, 5.74) is 6.29. The molecule has 1 aromatic carbocycles. The van der Waals surface area contributed by atoms with Gasteiger partial charge < -0.3 is 9.80 Å². The van der Waals surface area contributed by atoms with Gasteiger partial charge in [0.25, 0.3) is 0 Å². The molecule has 4 heteroatoms. The summed E-state index contributed by atoms with van der Waals surface area (Å²) in [4.78, 5) is 17.1. The highest BCUT2D eigenvalue weighted by atomic mass is 16.2. The number of amides is 1. The van der Waals surface area contributed by atoms with Crippen LogP contribution in [-0.2, 0) is 17.5 Å². The maximum absolute atomic E-state index is 12.6. The number of benzene rings is 1. The van der Waals surface area contributed by atoms with Crippen molar-refractivity contribution in [3.05, 3.63) is 34.4 Å². The summed E-state index contributed by atoms with van der Waals surface area (Å²) in [6.07, 6.45) is 6.91. The molecule has 4 aliphatic rings. The van der Waals surface area contributed by atoms with Gasteiger partial charge in [-0.1, -0.05) is 30.7 Å². The summed E-state index contributed by atoms with van der Waals surface area (Å²) < 4.78 is 0. The number of hydrogen-bond donors (Lipinski definition) is 0. The Balaban J connectivity index is 1.15. The third-order valence-electron chi connectivity index (χ3n) is 7.61. The van der Waals surface area contributed by atoms with Gasteiger partial charge in [0.05, 0.1) is 0 Å². The molecule has 5 rings (SSSR count). The van der Waals surface area contributed by atoms with E-state index >= 15 is 0 Å². The standard InChI is InChI=1S/C23H32BN2O/c1-15-18(5-6-19-20-10-22(20)24-11-21(15)19)8-17-13-26(14-17)23(27)9-16-4-3-7-25(2)12-16/h5-6,16-17,20,22H,3-4,7-14H2,1-2H3. The lowest BCUT2D eigenvalue weighted by Crippen LogP contribution is -2.51. The molecule has 3 unspecified atom stereocenters. The monoisotopic (exact) mass is 363 g/mol. The Labute approximate surface area is 164 Å². The van der Waals surface area contributed by atoms with E-state index in [-0.39, 0.29) is 0 Å². The normalized spacial score (nSPS) is 30.1. The predicted molar refractivity (Wildman–Crippen MR) is 110 cm³/mol. The van der Waals surface area contributed by atoms with E-state index in [1.165, 1.54) is 43.3 Å². The Kier molecular flexibility index (Phi) is 4.58. The van der Waals surface area contributed by atoms with Crippen LogP contribution in [0.5, 0.6) is 0 Å². The zero-order valence-corrected chi connectivity index (χ0v) is 16.9.